The predicted octanol–water partition coefficient (Wildman–Crippen LogP) is 1.69. The van der Waals surface area contributed by atoms with Gasteiger partial charge in [0, 0.05) is 18.5 Å². The van der Waals surface area contributed by atoms with Crippen LogP contribution in [-0.2, 0) is 11.8 Å². The van der Waals surface area contributed by atoms with Crippen LogP contribution in [0.3, 0.4) is 0 Å². The molecule has 0 saturated carbocycles. The van der Waals surface area contributed by atoms with Gasteiger partial charge in [0.15, 0.2) is 0 Å². The van der Waals surface area contributed by atoms with Crippen molar-refractivity contribution in [1.29, 1.82) is 0 Å². The lowest BCUT2D eigenvalue weighted by Crippen LogP contribution is -2.45. The van der Waals surface area contributed by atoms with Crippen LogP contribution in [0.1, 0.15) is 32.4 Å². The first kappa shape index (κ1) is 14.1. The van der Waals surface area contributed by atoms with Gasteiger partial charge < -0.3 is 10.6 Å². The van der Waals surface area contributed by atoms with Crippen molar-refractivity contribution in [1.82, 2.24) is 15.1 Å². The molecule has 2 rings (SSSR count). The van der Waals surface area contributed by atoms with Gasteiger partial charge in [-0.25, -0.2) is 0 Å². The molecule has 5 heteroatoms. The molecule has 5 nitrogen and oxygen atoms in total. The molecule has 1 amide bonds. The molecule has 1 saturated heterocycles. The number of hydrogen-bond donors (Lipinski definition) is 2. The Bertz CT molecular complexity index is 458. The van der Waals surface area contributed by atoms with Crippen molar-refractivity contribution in [3.05, 3.63) is 11.8 Å². The Morgan fingerprint density at radius 2 is 2.32 bits per heavy atom. The van der Waals surface area contributed by atoms with Gasteiger partial charge in [0.2, 0.25) is 5.91 Å². The van der Waals surface area contributed by atoms with Crippen LogP contribution < -0.4 is 10.6 Å². The van der Waals surface area contributed by atoms with Gasteiger partial charge in [-0.05, 0) is 38.8 Å². The first-order valence-electron chi connectivity index (χ1n) is 6.94. The summed E-state index contributed by atoms with van der Waals surface area (Å²) < 4.78 is 1.71. The molecular weight excluding hydrogens is 240 g/mol. The number of carbonyl (C=O) groups excluding carboxylic acids is 1. The van der Waals surface area contributed by atoms with E-state index in [0.29, 0.717) is 5.92 Å². The van der Waals surface area contributed by atoms with Gasteiger partial charge in [-0.15, -0.1) is 0 Å². The molecule has 0 aromatic carbocycles. The van der Waals surface area contributed by atoms with Crippen LogP contribution in [0, 0.1) is 18.3 Å². The minimum atomic E-state index is -0.369. The molecule has 106 valence electrons. The lowest BCUT2D eigenvalue weighted by Gasteiger charge is -2.35. The average Bonchev–Trinajstić information content (AvgIpc) is 2.69. The number of hydrogen-bond acceptors (Lipinski definition) is 3. The Labute approximate surface area is 114 Å². The van der Waals surface area contributed by atoms with Crippen LogP contribution in [0.4, 0.5) is 5.82 Å². The van der Waals surface area contributed by atoms with Crippen molar-refractivity contribution in [2.24, 2.45) is 18.4 Å². The molecule has 1 aromatic heterocycles. The second kappa shape index (κ2) is 5.33. The maximum atomic E-state index is 12.5. The molecule has 1 aliphatic rings. The first-order chi connectivity index (χ1) is 8.91. The minimum absolute atomic E-state index is 0.0733. The number of carbonyl (C=O) groups is 1. The number of aromatic nitrogens is 2. The normalized spacial score (nSPS) is 20.3. The van der Waals surface area contributed by atoms with Gasteiger partial charge in [0.25, 0.3) is 0 Å². The Morgan fingerprint density at radius 1 is 1.58 bits per heavy atom. The maximum absolute atomic E-state index is 12.5. The highest BCUT2D eigenvalue weighted by atomic mass is 16.2. The summed E-state index contributed by atoms with van der Waals surface area (Å²) in [5.41, 5.74) is 0.543. The molecule has 1 aromatic rings. The number of rotatable bonds is 3. The van der Waals surface area contributed by atoms with E-state index >= 15 is 0 Å². The van der Waals surface area contributed by atoms with Crippen LogP contribution in [0.25, 0.3) is 0 Å². The number of amides is 1. The van der Waals surface area contributed by atoms with Gasteiger partial charge in [0.1, 0.15) is 5.82 Å². The highest BCUT2D eigenvalue weighted by molar-refractivity contribution is 5.94. The molecule has 19 heavy (non-hydrogen) atoms. The number of aryl methyl sites for hydroxylation is 2. The Balaban J connectivity index is 2.07. The summed E-state index contributed by atoms with van der Waals surface area (Å²) in [5.74, 6) is 1.22. The smallest absolute Gasteiger partial charge is 0.231 e. The summed E-state index contributed by atoms with van der Waals surface area (Å²) in [5, 5.41) is 10.6. The van der Waals surface area contributed by atoms with E-state index in [4.69, 9.17) is 0 Å². The molecule has 0 aliphatic carbocycles. The van der Waals surface area contributed by atoms with E-state index in [9.17, 15) is 4.79 Å². The largest absolute Gasteiger partial charge is 0.316 e. The number of anilines is 1. The third kappa shape index (κ3) is 2.97. The van der Waals surface area contributed by atoms with Gasteiger partial charge in [-0.2, -0.15) is 5.10 Å². The van der Waals surface area contributed by atoms with Crippen molar-refractivity contribution in [3.63, 3.8) is 0 Å². The average molecular weight is 264 g/mol. The van der Waals surface area contributed by atoms with Gasteiger partial charge in [0.05, 0.1) is 5.69 Å². The Morgan fingerprint density at radius 3 is 2.84 bits per heavy atom. The van der Waals surface area contributed by atoms with Gasteiger partial charge >= 0.3 is 0 Å². The van der Waals surface area contributed by atoms with Crippen molar-refractivity contribution >= 4 is 11.7 Å². The fraction of sp³-hybridized carbons (Fsp3) is 0.714. The van der Waals surface area contributed by atoms with E-state index in [1.807, 2.05) is 33.9 Å². The lowest BCUT2D eigenvalue weighted by molar-refractivity contribution is -0.127. The Hall–Kier alpha value is -1.36. The molecule has 1 aliphatic heterocycles. The SMILES string of the molecule is Cc1cc(NC(=O)C(C)(C)C2CCCNC2)n(C)n1. The molecule has 2 heterocycles. The molecule has 0 radical (unpaired) electrons. The van der Waals surface area contributed by atoms with Crippen molar-refractivity contribution < 1.29 is 4.79 Å². The summed E-state index contributed by atoms with van der Waals surface area (Å²) in [6.45, 7) is 7.97. The summed E-state index contributed by atoms with van der Waals surface area (Å²) in [4.78, 5) is 12.5. The highest BCUT2D eigenvalue weighted by Crippen LogP contribution is 2.33. The van der Waals surface area contributed by atoms with Crippen LogP contribution in [0.2, 0.25) is 0 Å². The zero-order valence-electron chi connectivity index (χ0n) is 12.3. The monoisotopic (exact) mass is 264 g/mol. The third-order valence-corrected chi connectivity index (χ3v) is 4.15. The van der Waals surface area contributed by atoms with Crippen LogP contribution >= 0.6 is 0 Å². The fourth-order valence-electron chi connectivity index (χ4n) is 2.66. The van der Waals surface area contributed by atoms with Crippen LogP contribution in [-0.4, -0.2) is 28.8 Å². The zero-order chi connectivity index (χ0) is 14.0. The van der Waals surface area contributed by atoms with E-state index < -0.39 is 0 Å². The lowest BCUT2D eigenvalue weighted by atomic mass is 9.74. The van der Waals surface area contributed by atoms with Crippen molar-refractivity contribution in [3.8, 4) is 0 Å². The Kier molecular flexibility index (Phi) is 3.94. The summed E-state index contributed by atoms with van der Waals surface area (Å²) in [6.07, 6.45) is 2.25. The van der Waals surface area contributed by atoms with Gasteiger partial charge in [-0.3, -0.25) is 9.48 Å². The maximum Gasteiger partial charge on any atom is 0.231 e. The summed E-state index contributed by atoms with van der Waals surface area (Å²) in [7, 11) is 1.85. The molecular formula is C14H24N4O. The summed E-state index contributed by atoms with van der Waals surface area (Å²) >= 11 is 0. The van der Waals surface area contributed by atoms with Gasteiger partial charge in [-0.1, -0.05) is 13.8 Å². The zero-order valence-corrected chi connectivity index (χ0v) is 12.3. The first-order valence-corrected chi connectivity index (χ1v) is 6.94. The second-order valence-electron chi connectivity index (χ2n) is 6.01. The third-order valence-electron chi connectivity index (χ3n) is 4.15. The van der Waals surface area contributed by atoms with E-state index in [0.717, 1.165) is 37.4 Å². The molecule has 1 atom stereocenters. The van der Waals surface area contributed by atoms with Crippen LogP contribution in [0.15, 0.2) is 6.07 Å². The van der Waals surface area contributed by atoms with E-state index in [2.05, 4.69) is 15.7 Å². The molecule has 0 bridgehead atoms. The minimum Gasteiger partial charge on any atom is -0.316 e. The number of piperidine rings is 1. The van der Waals surface area contributed by atoms with E-state index in [1.165, 1.54) is 0 Å². The van der Waals surface area contributed by atoms with Crippen LogP contribution in [0.5, 0.6) is 0 Å². The second-order valence-corrected chi connectivity index (χ2v) is 6.01. The number of nitrogens with zero attached hydrogens (tertiary/aromatic N) is 2. The standard InChI is InChI=1S/C14H24N4O/c1-10-8-12(18(4)17-10)16-13(19)14(2,3)11-6-5-7-15-9-11/h8,11,15H,5-7,9H2,1-4H3,(H,16,19). The van der Waals surface area contributed by atoms with E-state index in [-0.39, 0.29) is 11.3 Å². The molecule has 2 N–H and O–H groups in total. The molecule has 1 fully saturated rings. The topological polar surface area (TPSA) is 59.0 Å². The van der Waals surface area contributed by atoms with Crippen molar-refractivity contribution in [2.75, 3.05) is 18.4 Å². The van der Waals surface area contributed by atoms with Crippen molar-refractivity contribution in [2.45, 2.75) is 33.6 Å². The molecule has 1 unspecified atom stereocenters. The quantitative estimate of drug-likeness (QED) is 0.873. The predicted molar refractivity (Wildman–Crippen MR) is 75.9 cm³/mol. The van der Waals surface area contributed by atoms with E-state index in [1.54, 1.807) is 4.68 Å². The summed E-state index contributed by atoms with van der Waals surface area (Å²) in [6, 6.07) is 1.90. The molecule has 0 spiro atoms. The number of nitrogens with one attached hydrogen (secondary N) is 2. The fourth-order valence-corrected chi connectivity index (χ4v) is 2.66. The highest BCUT2D eigenvalue weighted by Gasteiger charge is 2.37.